The van der Waals surface area contributed by atoms with E-state index in [-0.39, 0.29) is 29.6 Å². The van der Waals surface area contributed by atoms with Crippen LogP contribution in [-0.4, -0.2) is 5.60 Å². The Morgan fingerprint density at radius 2 is 0.537 bits per heavy atom. The summed E-state index contributed by atoms with van der Waals surface area (Å²) in [4.78, 5) is 4.47. The fourth-order valence-electron chi connectivity index (χ4n) is 6.29. The third-order valence-electron chi connectivity index (χ3n) is 9.21. The maximum absolute atomic E-state index is 10.1. The summed E-state index contributed by atoms with van der Waals surface area (Å²) in [5.74, 6) is 3.09. The monoisotopic (exact) mass is 956 g/mol. The SMILES string of the molecule is Brc1ccccc1.CC(C)(C)[O-].Nc1ccc(Oc2ccc(N)cc2)cc1.[Na+].c1ccc(N(c2ccccc2)c2ccc(Oc3ccc(N(c4ccccc4)c4ccccc4)cc3)cc2)cc1. The number of halogens is 1. The van der Waals surface area contributed by atoms with Gasteiger partial charge in [0.05, 0.1) is 0 Å². The summed E-state index contributed by atoms with van der Waals surface area (Å²) in [5, 5.41) is 10.1. The maximum atomic E-state index is 10.1. The molecule has 0 saturated carbocycles. The molecular weight excluding hydrogens is 904 g/mol. The van der Waals surface area contributed by atoms with E-state index in [0.29, 0.717) is 0 Å². The van der Waals surface area contributed by atoms with E-state index in [2.05, 4.69) is 147 Å². The van der Waals surface area contributed by atoms with Gasteiger partial charge in [0.1, 0.15) is 23.0 Å². The van der Waals surface area contributed by atoms with Gasteiger partial charge in [0.2, 0.25) is 0 Å². The number of rotatable bonds is 10. The van der Waals surface area contributed by atoms with Crippen LogP contribution in [0.25, 0.3) is 0 Å². The van der Waals surface area contributed by atoms with E-state index >= 15 is 0 Å². The summed E-state index contributed by atoms with van der Waals surface area (Å²) in [6.45, 7) is 4.90. The van der Waals surface area contributed by atoms with Crippen LogP contribution in [-0.2, 0) is 0 Å². The number of benzene rings is 9. The van der Waals surface area contributed by atoms with Crippen molar-refractivity contribution in [3.63, 3.8) is 0 Å². The van der Waals surface area contributed by atoms with E-state index in [0.717, 1.165) is 73.0 Å². The van der Waals surface area contributed by atoms with Gasteiger partial charge in [0, 0.05) is 50.0 Å². The van der Waals surface area contributed by atoms with Crippen LogP contribution in [0.1, 0.15) is 20.8 Å². The number of hydrogen-bond donors (Lipinski definition) is 2. The van der Waals surface area contributed by atoms with Crippen molar-refractivity contribution in [1.29, 1.82) is 0 Å². The third kappa shape index (κ3) is 17.5. The molecule has 0 aromatic heterocycles. The summed E-state index contributed by atoms with van der Waals surface area (Å²) in [6.07, 6.45) is 0. The van der Waals surface area contributed by atoms with Crippen molar-refractivity contribution in [3.05, 3.63) is 253 Å². The first-order valence-electron chi connectivity index (χ1n) is 21.5. The van der Waals surface area contributed by atoms with Crippen molar-refractivity contribution < 1.29 is 44.1 Å². The molecule has 0 bridgehead atoms. The number of nitrogens with two attached hydrogens (primary N) is 2. The van der Waals surface area contributed by atoms with Gasteiger partial charge in [0.15, 0.2) is 0 Å². The first-order chi connectivity index (χ1) is 32.0. The van der Waals surface area contributed by atoms with Crippen LogP contribution in [0.2, 0.25) is 0 Å². The molecule has 4 N–H and O–H groups in total. The second-order valence-electron chi connectivity index (χ2n) is 15.8. The average molecular weight is 958 g/mol. The van der Waals surface area contributed by atoms with Crippen molar-refractivity contribution in [1.82, 2.24) is 0 Å². The van der Waals surface area contributed by atoms with Gasteiger partial charge in [-0.15, -0.1) is 5.60 Å². The predicted molar refractivity (Wildman–Crippen MR) is 278 cm³/mol. The normalized spacial score (nSPS) is 10.2. The molecule has 0 radical (unpaired) electrons. The van der Waals surface area contributed by atoms with Crippen LogP contribution in [0.3, 0.4) is 0 Å². The molecule has 9 heteroatoms. The van der Waals surface area contributed by atoms with E-state index in [4.69, 9.17) is 20.9 Å². The minimum Gasteiger partial charge on any atom is -0.850 e. The van der Waals surface area contributed by atoms with Crippen LogP contribution in [0, 0.1) is 0 Å². The van der Waals surface area contributed by atoms with E-state index in [1.54, 1.807) is 45.0 Å². The molecule has 67 heavy (non-hydrogen) atoms. The van der Waals surface area contributed by atoms with Gasteiger partial charge in [-0.2, -0.15) is 0 Å². The van der Waals surface area contributed by atoms with Crippen LogP contribution in [0.4, 0.5) is 45.5 Å². The first-order valence-corrected chi connectivity index (χ1v) is 22.3. The van der Waals surface area contributed by atoms with E-state index in [1.165, 1.54) is 0 Å². The molecule has 332 valence electrons. The molecule has 0 aliphatic carbocycles. The second-order valence-corrected chi connectivity index (χ2v) is 16.7. The van der Waals surface area contributed by atoms with Crippen molar-refractivity contribution >= 4 is 61.4 Å². The van der Waals surface area contributed by atoms with Gasteiger partial charge in [-0.3, -0.25) is 0 Å². The first kappa shape index (κ1) is 51.2. The Hall–Kier alpha value is -6.78. The largest absolute Gasteiger partial charge is 1.00 e. The molecule has 7 nitrogen and oxygen atoms in total. The zero-order chi connectivity index (χ0) is 46.6. The molecule has 0 spiro atoms. The molecule has 9 aromatic rings. The number of hydrogen-bond acceptors (Lipinski definition) is 7. The maximum Gasteiger partial charge on any atom is 1.00 e. The van der Waals surface area contributed by atoms with Crippen molar-refractivity contribution in [2.24, 2.45) is 0 Å². The molecule has 0 unspecified atom stereocenters. The van der Waals surface area contributed by atoms with E-state index < -0.39 is 5.60 Å². The van der Waals surface area contributed by atoms with Gasteiger partial charge in [-0.05, 0) is 158 Å². The molecule has 0 aliphatic heterocycles. The molecule has 0 fully saturated rings. The van der Waals surface area contributed by atoms with Crippen LogP contribution >= 0.6 is 15.9 Å². The van der Waals surface area contributed by atoms with Gasteiger partial charge in [-0.1, -0.05) is 128 Å². The minimum absolute atomic E-state index is 0. The molecule has 0 saturated heterocycles. The predicted octanol–water partition coefficient (Wildman–Crippen LogP) is 12.7. The Labute approximate surface area is 426 Å². The Bertz CT molecular complexity index is 2480. The summed E-state index contributed by atoms with van der Waals surface area (Å²) < 4.78 is 12.9. The summed E-state index contributed by atoms with van der Waals surface area (Å²) in [7, 11) is 0. The summed E-state index contributed by atoms with van der Waals surface area (Å²) in [5.41, 5.74) is 18.4. The van der Waals surface area contributed by atoms with Crippen molar-refractivity contribution in [3.8, 4) is 23.0 Å². The molecule has 9 aromatic carbocycles. The second kappa shape index (κ2) is 26.4. The zero-order valence-electron chi connectivity index (χ0n) is 38.3. The van der Waals surface area contributed by atoms with Gasteiger partial charge < -0.3 is 35.8 Å². The van der Waals surface area contributed by atoms with Gasteiger partial charge in [-0.25, -0.2) is 0 Å². The molecule has 0 aliphatic rings. The van der Waals surface area contributed by atoms with Crippen LogP contribution < -0.4 is 65.4 Å². The Morgan fingerprint density at radius 3 is 0.746 bits per heavy atom. The molecule has 9 rings (SSSR count). The number of nitrogens with zero attached hydrogens (tertiary/aromatic N) is 2. The fraction of sp³-hybridized carbons (Fsp3) is 0.0690. The number of para-hydroxylation sites is 4. The molecule has 0 heterocycles. The van der Waals surface area contributed by atoms with Crippen molar-refractivity contribution in [2.75, 3.05) is 21.3 Å². The topological polar surface area (TPSA) is 100 Å². The number of ether oxygens (including phenoxy) is 2. The standard InChI is InChI=1S/C36H28N2O.C12H12N2O.C6H5Br.C4H9O.Na/c1-5-13-29(14-6-1)37(30-15-7-2-8-16-30)33-21-25-35(26-22-33)39-36-27-23-34(24-28-36)38(31-17-9-3-10-18-31)32-19-11-4-12-20-32;13-9-1-5-11(6-2-9)15-12-7-3-10(14)4-8-12;7-6-4-2-1-3-5-6;1-4(2,3)5;/h1-28H;1-8H,13-14H2;1-5H;1-3H3;/q;;;-1;+1. The Morgan fingerprint density at radius 1 is 0.343 bits per heavy atom. The average Bonchev–Trinajstić information content (AvgIpc) is 3.33. The molecule has 0 atom stereocenters. The quantitative estimate of drug-likeness (QED) is 0.104. The fourth-order valence-corrected chi connectivity index (χ4v) is 6.59. The van der Waals surface area contributed by atoms with E-state index in [9.17, 15) is 5.11 Å². The minimum atomic E-state index is -0.750. The van der Waals surface area contributed by atoms with Crippen LogP contribution in [0.5, 0.6) is 23.0 Å². The van der Waals surface area contributed by atoms with Gasteiger partial charge >= 0.3 is 29.6 Å². The number of anilines is 8. The van der Waals surface area contributed by atoms with E-state index in [1.807, 2.05) is 103 Å². The number of nitrogen functional groups attached to an aromatic ring is 2. The van der Waals surface area contributed by atoms with Crippen molar-refractivity contribution in [2.45, 2.75) is 26.4 Å². The smallest absolute Gasteiger partial charge is 0.850 e. The van der Waals surface area contributed by atoms with Gasteiger partial charge in [0.25, 0.3) is 0 Å². The molecule has 0 amide bonds. The Balaban J connectivity index is 0.000000244. The van der Waals surface area contributed by atoms with Crippen LogP contribution in [0.15, 0.2) is 253 Å². The summed E-state index contributed by atoms with van der Waals surface area (Å²) >= 11 is 3.31. The Kier molecular flexibility index (Phi) is 20.2. The molecular formula is C58H54BrN4NaO3. The third-order valence-corrected chi connectivity index (χ3v) is 9.74. The zero-order valence-corrected chi connectivity index (χ0v) is 41.9. The summed E-state index contributed by atoms with van der Waals surface area (Å²) in [6, 6.07) is 82.5.